The van der Waals surface area contributed by atoms with Crippen LogP contribution in [0.2, 0.25) is 0 Å². The first kappa shape index (κ1) is 12.5. The number of hydrogen-bond acceptors (Lipinski definition) is 2. The van der Waals surface area contributed by atoms with Crippen LogP contribution in [0.1, 0.15) is 38.3 Å². The molecule has 0 aliphatic carbocycles. The average Bonchev–Trinajstić information content (AvgIpc) is 2.75. The van der Waals surface area contributed by atoms with Crippen molar-refractivity contribution in [1.29, 1.82) is 0 Å². The van der Waals surface area contributed by atoms with Gasteiger partial charge in [0, 0.05) is 12.2 Å². The molecular weight excluding hydrogens is 217 g/mol. The molecule has 1 aromatic carbocycles. The van der Waals surface area contributed by atoms with Crippen molar-refractivity contribution in [3.05, 3.63) is 35.6 Å². The van der Waals surface area contributed by atoms with Crippen LogP contribution in [0.4, 0.5) is 4.39 Å². The van der Waals surface area contributed by atoms with E-state index in [0.717, 1.165) is 26.0 Å². The van der Waals surface area contributed by atoms with Gasteiger partial charge in [0.1, 0.15) is 5.82 Å². The zero-order valence-corrected chi connectivity index (χ0v) is 10.5. The van der Waals surface area contributed by atoms with Crippen molar-refractivity contribution in [2.75, 3.05) is 13.2 Å². The van der Waals surface area contributed by atoms with Crippen LogP contribution in [0.3, 0.4) is 0 Å². The molecule has 2 rings (SSSR count). The first-order valence-corrected chi connectivity index (χ1v) is 6.29. The van der Waals surface area contributed by atoms with Gasteiger partial charge in [0.2, 0.25) is 0 Å². The smallest absolute Gasteiger partial charge is 0.128 e. The molecule has 1 aliphatic rings. The molecule has 0 saturated carbocycles. The van der Waals surface area contributed by atoms with Gasteiger partial charge in [0.25, 0.3) is 0 Å². The summed E-state index contributed by atoms with van der Waals surface area (Å²) in [5.41, 5.74) is 0.414. The van der Waals surface area contributed by atoms with E-state index < -0.39 is 0 Å². The highest BCUT2D eigenvalue weighted by molar-refractivity contribution is 5.24. The summed E-state index contributed by atoms with van der Waals surface area (Å²) in [5, 5.41) is 3.36. The maximum atomic E-state index is 13.9. The highest BCUT2D eigenvalue weighted by atomic mass is 19.1. The number of hydrogen-bond donors (Lipinski definition) is 1. The second kappa shape index (κ2) is 5.15. The Labute approximate surface area is 102 Å². The van der Waals surface area contributed by atoms with E-state index >= 15 is 0 Å². The largest absolute Gasteiger partial charge is 0.373 e. The molecule has 2 atom stereocenters. The fourth-order valence-corrected chi connectivity index (χ4v) is 2.60. The van der Waals surface area contributed by atoms with Crippen LogP contribution in [-0.4, -0.2) is 18.8 Å². The molecule has 94 valence electrons. The van der Waals surface area contributed by atoms with E-state index in [4.69, 9.17) is 4.74 Å². The number of likely N-dealkylation sites (N-methyl/N-ethyl adjacent to an activating group) is 1. The lowest BCUT2D eigenvalue weighted by molar-refractivity contribution is -0.0130. The van der Waals surface area contributed by atoms with Crippen LogP contribution < -0.4 is 5.32 Å². The minimum atomic E-state index is -0.293. The lowest BCUT2D eigenvalue weighted by Gasteiger charge is -2.34. The molecule has 0 amide bonds. The molecule has 0 radical (unpaired) electrons. The molecule has 1 aromatic rings. The van der Waals surface area contributed by atoms with Gasteiger partial charge in [0.15, 0.2) is 0 Å². The number of ether oxygens (including phenoxy) is 1. The predicted octanol–water partition coefficient (Wildman–Crippen LogP) is 3.05. The fourth-order valence-electron chi connectivity index (χ4n) is 2.60. The van der Waals surface area contributed by atoms with E-state index in [1.807, 2.05) is 19.1 Å². The highest BCUT2D eigenvalue weighted by Crippen LogP contribution is 2.38. The Morgan fingerprint density at radius 3 is 2.82 bits per heavy atom. The minimum Gasteiger partial charge on any atom is -0.373 e. The van der Waals surface area contributed by atoms with Crippen LogP contribution in [0.25, 0.3) is 0 Å². The summed E-state index contributed by atoms with van der Waals surface area (Å²) in [6.45, 7) is 5.68. The summed E-state index contributed by atoms with van der Waals surface area (Å²) in [4.78, 5) is 0. The van der Waals surface area contributed by atoms with E-state index in [0.29, 0.717) is 5.56 Å². The Morgan fingerprint density at radius 2 is 2.24 bits per heavy atom. The van der Waals surface area contributed by atoms with Gasteiger partial charge in [-0.3, -0.25) is 0 Å². The molecule has 1 fully saturated rings. The molecule has 0 aromatic heterocycles. The van der Waals surface area contributed by atoms with E-state index in [2.05, 4.69) is 12.2 Å². The number of benzene rings is 1. The summed E-state index contributed by atoms with van der Waals surface area (Å²) in [6.07, 6.45) is 2.02. The van der Waals surface area contributed by atoms with Crippen LogP contribution >= 0.6 is 0 Å². The second-order valence-corrected chi connectivity index (χ2v) is 4.78. The molecule has 0 spiro atoms. The lowest BCUT2D eigenvalue weighted by atomic mass is 9.87. The van der Waals surface area contributed by atoms with Gasteiger partial charge in [-0.05, 0) is 32.4 Å². The molecule has 1 N–H and O–H groups in total. The number of rotatable bonds is 4. The fraction of sp³-hybridized carbons (Fsp3) is 0.571. The third-order valence-electron chi connectivity index (χ3n) is 3.48. The SMILES string of the molecule is CCNC(c1ccccc1F)C1(C)CCCO1. The molecule has 1 heterocycles. The van der Waals surface area contributed by atoms with Crippen molar-refractivity contribution in [1.82, 2.24) is 5.32 Å². The summed E-state index contributed by atoms with van der Waals surface area (Å²) >= 11 is 0. The third kappa shape index (κ3) is 2.50. The Kier molecular flexibility index (Phi) is 3.79. The molecular formula is C14H20FNO. The zero-order valence-electron chi connectivity index (χ0n) is 10.5. The molecule has 1 aliphatic heterocycles. The van der Waals surface area contributed by atoms with Crippen molar-refractivity contribution in [3.8, 4) is 0 Å². The van der Waals surface area contributed by atoms with E-state index in [1.165, 1.54) is 6.07 Å². The van der Waals surface area contributed by atoms with Crippen LogP contribution in [0.5, 0.6) is 0 Å². The first-order chi connectivity index (χ1) is 8.17. The van der Waals surface area contributed by atoms with E-state index in [9.17, 15) is 4.39 Å². The Hall–Kier alpha value is -0.930. The Bertz CT molecular complexity index is 374. The van der Waals surface area contributed by atoms with Gasteiger partial charge in [-0.2, -0.15) is 0 Å². The highest BCUT2D eigenvalue weighted by Gasteiger charge is 2.39. The van der Waals surface area contributed by atoms with Crippen molar-refractivity contribution >= 4 is 0 Å². The van der Waals surface area contributed by atoms with E-state index in [-0.39, 0.29) is 17.5 Å². The van der Waals surface area contributed by atoms with Crippen molar-refractivity contribution in [2.24, 2.45) is 0 Å². The molecule has 3 heteroatoms. The quantitative estimate of drug-likeness (QED) is 0.869. The average molecular weight is 237 g/mol. The molecule has 2 nitrogen and oxygen atoms in total. The molecule has 1 saturated heterocycles. The summed E-state index contributed by atoms with van der Waals surface area (Å²) < 4.78 is 19.7. The van der Waals surface area contributed by atoms with Gasteiger partial charge >= 0.3 is 0 Å². The third-order valence-corrected chi connectivity index (χ3v) is 3.48. The van der Waals surface area contributed by atoms with Gasteiger partial charge in [-0.1, -0.05) is 25.1 Å². The zero-order chi connectivity index (χ0) is 12.3. The van der Waals surface area contributed by atoms with Crippen molar-refractivity contribution in [3.63, 3.8) is 0 Å². The Morgan fingerprint density at radius 1 is 1.47 bits per heavy atom. The predicted molar refractivity (Wildman–Crippen MR) is 66.4 cm³/mol. The molecule has 0 bridgehead atoms. The second-order valence-electron chi connectivity index (χ2n) is 4.78. The number of halogens is 1. The maximum absolute atomic E-state index is 13.9. The lowest BCUT2D eigenvalue weighted by Crippen LogP contribution is -2.41. The van der Waals surface area contributed by atoms with Crippen LogP contribution in [0, 0.1) is 5.82 Å². The number of nitrogens with one attached hydrogen (secondary N) is 1. The minimum absolute atomic E-state index is 0.0730. The topological polar surface area (TPSA) is 21.3 Å². The maximum Gasteiger partial charge on any atom is 0.128 e. The van der Waals surface area contributed by atoms with Crippen LogP contribution in [-0.2, 0) is 4.74 Å². The Balaban J connectivity index is 2.32. The molecule has 17 heavy (non-hydrogen) atoms. The van der Waals surface area contributed by atoms with Crippen molar-refractivity contribution < 1.29 is 9.13 Å². The van der Waals surface area contributed by atoms with Gasteiger partial charge < -0.3 is 10.1 Å². The van der Waals surface area contributed by atoms with Gasteiger partial charge in [-0.25, -0.2) is 4.39 Å². The summed E-state index contributed by atoms with van der Waals surface area (Å²) in [6, 6.07) is 6.88. The van der Waals surface area contributed by atoms with Gasteiger partial charge in [0.05, 0.1) is 11.6 Å². The normalized spacial score (nSPS) is 26.1. The van der Waals surface area contributed by atoms with Crippen LogP contribution in [0.15, 0.2) is 24.3 Å². The molecule has 2 unspecified atom stereocenters. The summed E-state index contributed by atoms with van der Waals surface area (Å²) in [7, 11) is 0. The first-order valence-electron chi connectivity index (χ1n) is 6.29. The monoisotopic (exact) mass is 237 g/mol. The van der Waals surface area contributed by atoms with Gasteiger partial charge in [-0.15, -0.1) is 0 Å². The summed E-state index contributed by atoms with van der Waals surface area (Å²) in [5.74, 6) is -0.157. The standard InChI is InChI=1S/C14H20FNO/c1-3-16-13(14(2)9-6-10-17-14)11-7-4-5-8-12(11)15/h4-5,7-8,13,16H,3,6,9-10H2,1-2H3. The van der Waals surface area contributed by atoms with Crippen molar-refractivity contribution in [2.45, 2.75) is 38.3 Å². The van der Waals surface area contributed by atoms with E-state index in [1.54, 1.807) is 6.07 Å².